The van der Waals surface area contributed by atoms with Gasteiger partial charge in [-0.3, -0.25) is 0 Å². The highest BCUT2D eigenvalue weighted by Crippen LogP contribution is 2.35. The van der Waals surface area contributed by atoms with E-state index in [1.807, 2.05) is 36.4 Å². The topological polar surface area (TPSA) is 36.9 Å². The lowest BCUT2D eigenvalue weighted by Gasteiger charge is -2.14. The molecule has 0 amide bonds. The molecule has 0 saturated heterocycles. The Bertz CT molecular complexity index is 762. The van der Waals surface area contributed by atoms with Gasteiger partial charge in [0, 0.05) is 6.07 Å². The summed E-state index contributed by atoms with van der Waals surface area (Å²) in [4.78, 5) is 0. The van der Waals surface area contributed by atoms with Crippen molar-refractivity contribution < 1.29 is 18.9 Å². The maximum atomic E-state index is 5.53. The van der Waals surface area contributed by atoms with Crippen LogP contribution in [0.4, 0.5) is 0 Å². The van der Waals surface area contributed by atoms with Crippen molar-refractivity contribution >= 4 is 5.57 Å². The van der Waals surface area contributed by atoms with Crippen LogP contribution >= 0.6 is 0 Å². The molecular weight excluding hydrogens is 304 g/mol. The SMILES string of the molecule is C#C/C=C(/c1cc(OC)cc(OC)c1)c1ccc(OC)c(OC)c1. The highest BCUT2D eigenvalue weighted by atomic mass is 16.5. The van der Waals surface area contributed by atoms with Gasteiger partial charge in [0.15, 0.2) is 11.5 Å². The van der Waals surface area contributed by atoms with E-state index in [9.17, 15) is 0 Å². The lowest BCUT2D eigenvalue weighted by atomic mass is 9.96. The molecule has 4 nitrogen and oxygen atoms in total. The Morgan fingerprint density at radius 1 is 0.792 bits per heavy atom. The monoisotopic (exact) mass is 324 g/mol. The summed E-state index contributed by atoms with van der Waals surface area (Å²) in [6, 6.07) is 11.3. The van der Waals surface area contributed by atoms with Crippen LogP contribution < -0.4 is 18.9 Å². The van der Waals surface area contributed by atoms with Gasteiger partial charge in [-0.1, -0.05) is 12.0 Å². The van der Waals surface area contributed by atoms with Crippen molar-refractivity contribution in [3.8, 4) is 35.3 Å². The van der Waals surface area contributed by atoms with E-state index in [-0.39, 0.29) is 0 Å². The molecule has 4 heteroatoms. The number of hydrogen-bond acceptors (Lipinski definition) is 4. The molecular formula is C20H20O4. The molecule has 2 rings (SSSR count). The molecule has 0 aromatic heterocycles. The maximum Gasteiger partial charge on any atom is 0.161 e. The Balaban J connectivity index is 2.60. The molecule has 0 heterocycles. The summed E-state index contributed by atoms with van der Waals surface area (Å²) in [6.07, 6.45) is 7.23. The first-order valence-electron chi connectivity index (χ1n) is 7.29. The molecule has 24 heavy (non-hydrogen) atoms. The smallest absolute Gasteiger partial charge is 0.161 e. The van der Waals surface area contributed by atoms with Crippen molar-refractivity contribution in [1.82, 2.24) is 0 Å². The molecule has 0 unspecified atom stereocenters. The van der Waals surface area contributed by atoms with Crippen LogP contribution in [0.25, 0.3) is 5.57 Å². The third kappa shape index (κ3) is 3.64. The summed E-state index contributed by atoms with van der Waals surface area (Å²) >= 11 is 0. The fourth-order valence-corrected chi connectivity index (χ4v) is 2.38. The molecule has 0 N–H and O–H groups in total. The van der Waals surface area contributed by atoms with E-state index in [4.69, 9.17) is 25.4 Å². The van der Waals surface area contributed by atoms with E-state index < -0.39 is 0 Å². The summed E-state index contributed by atoms with van der Waals surface area (Å²) in [6.45, 7) is 0. The minimum Gasteiger partial charge on any atom is -0.497 e. The zero-order valence-corrected chi connectivity index (χ0v) is 14.3. The van der Waals surface area contributed by atoms with Gasteiger partial charge < -0.3 is 18.9 Å². The van der Waals surface area contributed by atoms with E-state index in [0.29, 0.717) is 23.0 Å². The maximum absolute atomic E-state index is 5.53. The molecule has 0 spiro atoms. The zero-order chi connectivity index (χ0) is 17.5. The summed E-state index contributed by atoms with van der Waals surface area (Å²) < 4.78 is 21.3. The quantitative estimate of drug-likeness (QED) is 0.758. The molecule has 0 bridgehead atoms. The first kappa shape index (κ1) is 17.3. The fraction of sp³-hybridized carbons (Fsp3) is 0.200. The van der Waals surface area contributed by atoms with Gasteiger partial charge in [-0.05, 0) is 47.0 Å². The molecule has 0 aliphatic rings. The second-order valence-electron chi connectivity index (χ2n) is 4.90. The first-order chi connectivity index (χ1) is 11.7. The van der Waals surface area contributed by atoms with Crippen LogP contribution in [0.5, 0.6) is 23.0 Å². The molecule has 124 valence electrons. The Hall–Kier alpha value is -3.06. The molecule has 2 aromatic rings. The third-order valence-electron chi connectivity index (χ3n) is 3.58. The van der Waals surface area contributed by atoms with E-state index >= 15 is 0 Å². The van der Waals surface area contributed by atoms with Crippen molar-refractivity contribution in [3.05, 3.63) is 53.6 Å². The lowest BCUT2D eigenvalue weighted by molar-refractivity contribution is 0.355. The zero-order valence-electron chi connectivity index (χ0n) is 14.3. The van der Waals surface area contributed by atoms with Crippen LogP contribution in [0.3, 0.4) is 0 Å². The van der Waals surface area contributed by atoms with Gasteiger partial charge in [0.05, 0.1) is 28.4 Å². The number of ether oxygens (including phenoxy) is 4. The average molecular weight is 324 g/mol. The number of benzene rings is 2. The Kier molecular flexibility index (Phi) is 5.75. The minimum absolute atomic E-state index is 0.632. The number of hydrogen-bond donors (Lipinski definition) is 0. The molecule has 0 radical (unpaired) electrons. The molecule has 0 saturated carbocycles. The van der Waals surface area contributed by atoms with Crippen molar-refractivity contribution in [1.29, 1.82) is 0 Å². The van der Waals surface area contributed by atoms with Crippen LogP contribution in [-0.4, -0.2) is 28.4 Å². The Morgan fingerprint density at radius 3 is 1.92 bits per heavy atom. The average Bonchev–Trinajstić information content (AvgIpc) is 2.64. The fourth-order valence-electron chi connectivity index (χ4n) is 2.38. The predicted octanol–water partition coefficient (Wildman–Crippen LogP) is 3.79. The van der Waals surface area contributed by atoms with Crippen LogP contribution in [-0.2, 0) is 0 Å². The Morgan fingerprint density at radius 2 is 1.42 bits per heavy atom. The summed E-state index contributed by atoms with van der Waals surface area (Å²) in [7, 11) is 6.42. The van der Waals surface area contributed by atoms with Crippen LogP contribution in [0.15, 0.2) is 42.5 Å². The van der Waals surface area contributed by atoms with Crippen LogP contribution in [0.2, 0.25) is 0 Å². The van der Waals surface area contributed by atoms with E-state index in [1.165, 1.54) is 0 Å². The normalized spacial score (nSPS) is 10.7. The molecule has 0 atom stereocenters. The Labute approximate surface area is 142 Å². The largest absolute Gasteiger partial charge is 0.497 e. The standard InChI is InChI=1S/C20H20O4/c1-6-7-18(14-8-9-19(23-4)20(12-14)24-5)15-10-16(21-2)13-17(11-15)22-3/h1,7-13H,2-5H3/b18-7+. The number of allylic oxidation sites excluding steroid dienone is 1. The van der Waals surface area contributed by atoms with Crippen LogP contribution in [0.1, 0.15) is 11.1 Å². The number of methoxy groups -OCH3 is 4. The third-order valence-corrected chi connectivity index (χ3v) is 3.58. The van der Waals surface area contributed by atoms with Gasteiger partial charge in [-0.15, -0.1) is 6.42 Å². The highest BCUT2D eigenvalue weighted by molar-refractivity contribution is 5.83. The van der Waals surface area contributed by atoms with Gasteiger partial charge in [-0.2, -0.15) is 0 Å². The van der Waals surface area contributed by atoms with Gasteiger partial charge >= 0.3 is 0 Å². The summed E-state index contributed by atoms with van der Waals surface area (Å²) in [5.41, 5.74) is 2.65. The molecule has 2 aromatic carbocycles. The lowest BCUT2D eigenvalue weighted by Crippen LogP contribution is -1.95. The minimum atomic E-state index is 0.632. The van der Waals surface area contributed by atoms with Gasteiger partial charge in [0.25, 0.3) is 0 Å². The number of rotatable bonds is 6. The first-order valence-corrected chi connectivity index (χ1v) is 7.29. The second-order valence-corrected chi connectivity index (χ2v) is 4.90. The molecule has 0 fully saturated rings. The predicted molar refractivity (Wildman–Crippen MR) is 95.0 cm³/mol. The van der Waals surface area contributed by atoms with Crippen molar-refractivity contribution in [2.75, 3.05) is 28.4 Å². The molecule has 0 aliphatic heterocycles. The second kappa shape index (κ2) is 7.98. The van der Waals surface area contributed by atoms with E-state index in [0.717, 1.165) is 16.7 Å². The number of terminal acetylenes is 1. The van der Waals surface area contributed by atoms with Crippen molar-refractivity contribution in [2.24, 2.45) is 0 Å². The highest BCUT2D eigenvalue weighted by Gasteiger charge is 2.12. The summed E-state index contributed by atoms with van der Waals surface area (Å²) in [5, 5.41) is 0. The van der Waals surface area contributed by atoms with Gasteiger partial charge in [0.1, 0.15) is 11.5 Å². The summed E-state index contributed by atoms with van der Waals surface area (Å²) in [5.74, 6) is 5.25. The van der Waals surface area contributed by atoms with Gasteiger partial charge in [0.2, 0.25) is 0 Å². The van der Waals surface area contributed by atoms with Crippen molar-refractivity contribution in [3.63, 3.8) is 0 Å². The van der Waals surface area contributed by atoms with Crippen molar-refractivity contribution in [2.45, 2.75) is 0 Å². The van der Waals surface area contributed by atoms with E-state index in [1.54, 1.807) is 34.5 Å². The molecule has 0 aliphatic carbocycles. The van der Waals surface area contributed by atoms with Gasteiger partial charge in [-0.25, -0.2) is 0 Å². The van der Waals surface area contributed by atoms with E-state index in [2.05, 4.69) is 5.92 Å². The van der Waals surface area contributed by atoms with Crippen LogP contribution in [0, 0.1) is 12.3 Å².